The van der Waals surface area contributed by atoms with Gasteiger partial charge in [-0.2, -0.15) is 0 Å². The predicted octanol–water partition coefficient (Wildman–Crippen LogP) is 1.23. The minimum absolute atomic E-state index is 0.209. The van der Waals surface area contributed by atoms with Gasteiger partial charge in [-0.15, -0.1) is 0 Å². The largest absolute Gasteiger partial charge is 0.320 e. The molecule has 0 fully saturated rings. The number of aryl methyl sites for hydroxylation is 1. The molecule has 2 aromatic heterocycles. The van der Waals surface area contributed by atoms with Crippen molar-refractivity contribution in [2.45, 2.75) is 13.0 Å². The third kappa shape index (κ3) is 2.16. The molecule has 76 valence electrons. The lowest BCUT2D eigenvalue weighted by molar-refractivity contribution is 0.841. The molecule has 0 aliphatic heterocycles. The first-order valence-corrected chi connectivity index (χ1v) is 4.70. The van der Waals surface area contributed by atoms with Crippen molar-refractivity contribution in [1.29, 1.82) is 0 Å². The monoisotopic (exact) mass is 200 g/mol. The molecule has 1 atom stereocenters. The van der Waals surface area contributed by atoms with Crippen molar-refractivity contribution in [3.05, 3.63) is 53.9 Å². The van der Waals surface area contributed by atoms with Crippen molar-refractivity contribution in [2.75, 3.05) is 0 Å². The Hall–Kier alpha value is -1.81. The highest BCUT2D eigenvalue weighted by Crippen LogP contribution is 2.16. The maximum atomic E-state index is 6.05. The minimum Gasteiger partial charge on any atom is -0.320 e. The van der Waals surface area contributed by atoms with Crippen LogP contribution >= 0.6 is 0 Å². The summed E-state index contributed by atoms with van der Waals surface area (Å²) in [6, 6.07) is 3.71. The summed E-state index contributed by atoms with van der Waals surface area (Å²) in [4.78, 5) is 12.1. The molecule has 0 amide bonds. The van der Waals surface area contributed by atoms with E-state index in [9.17, 15) is 0 Å². The molecule has 4 nitrogen and oxygen atoms in total. The first-order valence-electron chi connectivity index (χ1n) is 4.70. The highest BCUT2D eigenvalue weighted by Gasteiger charge is 2.08. The third-order valence-electron chi connectivity index (χ3n) is 2.23. The molecule has 2 aromatic rings. The van der Waals surface area contributed by atoms with E-state index in [0.29, 0.717) is 0 Å². The summed E-state index contributed by atoms with van der Waals surface area (Å²) >= 11 is 0. The van der Waals surface area contributed by atoms with Gasteiger partial charge in [0.1, 0.15) is 6.33 Å². The van der Waals surface area contributed by atoms with Gasteiger partial charge in [-0.25, -0.2) is 9.97 Å². The molecule has 4 heteroatoms. The smallest absolute Gasteiger partial charge is 0.115 e. The summed E-state index contributed by atoms with van der Waals surface area (Å²) in [5, 5.41) is 0. The minimum atomic E-state index is -0.209. The molecule has 2 rings (SSSR count). The Bertz CT molecular complexity index is 424. The fourth-order valence-electron chi connectivity index (χ4n) is 1.33. The Labute approximate surface area is 88.2 Å². The maximum Gasteiger partial charge on any atom is 0.115 e. The number of hydrogen-bond acceptors (Lipinski definition) is 4. The molecule has 0 spiro atoms. The van der Waals surface area contributed by atoms with Crippen LogP contribution in [0.15, 0.2) is 37.1 Å². The number of nitrogens with zero attached hydrogens (tertiary/aromatic N) is 3. The van der Waals surface area contributed by atoms with Crippen molar-refractivity contribution in [1.82, 2.24) is 15.0 Å². The van der Waals surface area contributed by atoms with Crippen molar-refractivity contribution >= 4 is 0 Å². The summed E-state index contributed by atoms with van der Waals surface area (Å²) in [5.41, 5.74) is 8.89. The zero-order chi connectivity index (χ0) is 10.7. The molecule has 0 aliphatic rings. The lowest BCUT2D eigenvalue weighted by Crippen LogP contribution is -2.12. The van der Waals surface area contributed by atoms with E-state index < -0.39 is 0 Å². The zero-order valence-corrected chi connectivity index (χ0v) is 8.46. The van der Waals surface area contributed by atoms with E-state index in [-0.39, 0.29) is 6.04 Å². The van der Waals surface area contributed by atoms with Gasteiger partial charge >= 0.3 is 0 Å². The van der Waals surface area contributed by atoms with E-state index in [1.54, 1.807) is 18.6 Å². The lowest BCUT2D eigenvalue weighted by atomic mass is 10.0. The first-order chi connectivity index (χ1) is 7.27. The molecule has 1 unspecified atom stereocenters. The Kier molecular flexibility index (Phi) is 2.69. The van der Waals surface area contributed by atoms with E-state index in [0.717, 1.165) is 16.8 Å². The average molecular weight is 200 g/mol. The number of pyridine rings is 1. The van der Waals surface area contributed by atoms with Crippen LogP contribution < -0.4 is 5.73 Å². The fourth-order valence-corrected chi connectivity index (χ4v) is 1.33. The Morgan fingerprint density at radius 2 is 1.80 bits per heavy atom. The number of nitrogens with two attached hydrogens (primary N) is 1. The second-order valence-corrected chi connectivity index (χ2v) is 3.38. The van der Waals surface area contributed by atoms with E-state index in [1.807, 2.05) is 19.1 Å². The van der Waals surface area contributed by atoms with Crippen LogP contribution in [0.4, 0.5) is 0 Å². The highest BCUT2D eigenvalue weighted by atomic mass is 14.8. The quantitative estimate of drug-likeness (QED) is 0.791. The summed E-state index contributed by atoms with van der Waals surface area (Å²) in [6.07, 6.45) is 6.71. The molecule has 0 bridgehead atoms. The van der Waals surface area contributed by atoms with Gasteiger partial charge in [-0.1, -0.05) is 6.07 Å². The standard InChI is InChI=1S/C11H12N4/c1-8-2-3-9(6-15-8)11(12)10-4-13-7-14-5-10/h2-7,11H,12H2,1H3. The first kappa shape index (κ1) is 9.73. The van der Waals surface area contributed by atoms with Gasteiger partial charge in [0.2, 0.25) is 0 Å². The van der Waals surface area contributed by atoms with E-state index in [1.165, 1.54) is 6.33 Å². The lowest BCUT2D eigenvalue weighted by Gasteiger charge is -2.10. The van der Waals surface area contributed by atoms with E-state index in [4.69, 9.17) is 5.73 Å². The van der Waals surface area contributed by atoms with Crippen LogP contribution in [0.5, 0.6) is 0 Å². The molecule has 2 heterocycles. The molecule has 0 saturated heterocycles. The SMILES string of the molecule is Cc1ccc(C(N)c2cncnc2)cn1. The highest BCUT2D eigenvalue weighted by molar-refractivity contribution is 5.26. The van der Waals surface area contributed by atoms with Crippen LogP contribution in [-0.2, 0) is 0 Å². The third-order valence-corrected chi connectivity index (χ3v) is 2.23. The van der Waals surface area contributed by atoms with Crippen LogP contribution in [0.3, 0.4) is 0 Å². The molecule has 2 N–H and O–H groups in total. The molecule has 0 aliphatic carbocycles. The fraction of sp³-hybridized carbons (Fsp3) is 0.182. The van der Waals surface area contributed by atoms with Gasteiger partial charge in [-0.3, -0.25) is 4.98 Å². The van der Waals surface area contributed by atoms with Crippen LogP contribution in [0.25, 0.3) is 0 Å². The van der Waals surface area contributed by atoms with Gasteiger partial charge in [0.15, 0.2) is 0 Å². The summed E-state index contributed by atoms with van der Waals surface area (Å²) in [6.45, 7) is 1.95. The second-order valence-electron chi connectivity index (χ2n) is 3.38. The normalized spacial score (nSPS) is 12.4. The van der Waals surface area contributed by atoms with Crippen LogP contribution in [0, 0.1) is 6.92 Å². The number of aromatic nitrogens is 3. The average Bonchev–Trinajstić information content (AvgIpc) is 2.30. The summed E-state index contributed by atoms with van der Waals surface area (Å²) < 4.78 is 0. The van der Waals surface area contributed by atoms with Crippen LogP contribution in [-0.4, -0.2) is 15.0 Å². The molecular weight excluding hydrogens is 188 g/mol. The van der Waals surface area contributed by atoms with Crippen LogP contribution in [0.2, 0.25) is 0 Å². The van der Waals surface area contributed by atoms with Gasteiger partial charge < -0.3 is 5.73 Å². The van der Waals surface area contributed by atoms with E-state index >= 15 is 0 Å². The van der Waals surface area contributed by atoms with E-state index in [2.05, 4.69) is 15.0 Å². The van der Waals surface area contributed by atoms with Crippen LogP contribution in [0.1, 0.15) is 22.9 Å². The summed E-state index contributed by atoms with van der Waals surface area (Å²) in [5.74, 6) is 0. The number of rotatable bonds is 2. The van der Waals surface area contributed by atoms with Crippen molar-refractivity contribution in [2.24, 2.45) is 5.73 Å². The Morgan fingerprint density at radius 1 is 1.07 bits per heavy atom. The van der Waals surface area contributed by atoms with Crippen molar-refractivity contribution in [3.63, 3.8) is 0 Å². The maximum absolute atomic E-state index is 6.05. The Morgan fingerprint density at radius 3 is 2.40 bits per heavy atom. The topological polar surface area (TPSA) is 64.7 Å². The zero-order valence-electron chi connectivity index (χ0n) is 8.46. The van der Waals surface area contributed by atoms with Gasteiger partial charge in [0.25, 0.3) is 0 Å². The molecule has 0 aromatic carbocycles. The van der Waals surface area contributed by atoms with Gasteiger partial charge in [0.05, 0.1) is 6.04 Å². The predicted molar refractivity (Wildman–Crippen MR) is 57.0 cm³/mol. The molecule has 15 heavy (non-hydrogen) atoms. The Balaban J connectivity index is 2.29. The molecular formula is C11H12N4. The van der Waals surface area contributed by atoms with Gasteiger partial charge in [0, 0.05) is 29.8 Å². The second kappa shape index (κ2) is 4.14. The molecule has 0 radical (unpaired) electrons. The molecule has 0 saturated carbocycles. The van der Waals surface area contributed by atoms with Crippen molar-refractivity contribution in [3.8, 4) is 0 Å². The number of hydrogen-bond donors (Lipinski definition) is 1. The van der Waals surface area contributed by atoms with Crippen molar-refractivity contribution < 1.29 is 0 Å². The van der Waals surface area contributed by atoms with Gasteiger partial charge in [-0.05, 0) is 18.6 Å². The summed E-state index contributed by atoms with van der Waals surface area (Å²) in [7, 11) is 0.